The summed E-state index contributed by atoms with van der Waals surface area (Å²) in [6.07, 6.45) is 9.49. The van der Waals surface area contributed by atoms with Crippen molar-refractivity contribution in [1.82, 2.24) is 10.3 Å². The van der Waals surface area contributed by atoms with Gasteiger partial charge in [-0.3, -0.25) is 4.98 Å². The number of terminal acetylenes is 1. The molecular formula is C10H11BrN2. The van der Waals surface area contributed by atoms with Crippen molar-refractivity contribution in [3.63, 3.8) is 0 Å². The van der Waals surface area contributed by atoms with Crippen LogP contribution < -0.4 is 5.32 Å². The number of nitrogens with zero attached hydrogens (tertiary/aromatic N) is 1. The molecule has 1 N–H and O–H groups in total. The number of aromatic nitrogens is 1. The van der Waals surface area contributed by atoms with Crippen molar-refractivity contribution in [3.8, 4) is 12.3 Å². The molecular weight excluding hydrogens is 228 g/mol. The highest BCUT2D eigenvalue weighted by molar-refractivity contribution is 9.10. The SMILES string of the molecule is C#CCC(NC)c1ccncc1Br. The van der Waals surface area contributed by atoms with Crippen molar-refractivity contribution >= 4 is 15.9 Å². The summed E-state index contributed by atoms with van der Waals surface area (Å²) in [6, 6.07) is 2.16. The smallest absolute Gasteiger partial charge is 0.0440 e. The zero-order valence-electron chi connectivity index (χ0n) is 7.42. The molecule has 2 nitrogen and oxygen atoms in total. The summed E-state index contributed by atoms with van der Waals surface area (Å²) in [7, 11) is 1.90. The number of hydrogen-bond acceptors (Lipinski definition) is 2. The van der Waals surface area contributed by atoms with Gasteiger partial charge in [0.2, 0.25) is 0 Å². The molecule has 68 valence electrons. The van der Waals surface area contributed by atoms with Crippen LogP contribution in [0.15, 0.2) is 22.9 Å². The van der Waals surface area contributed by atoms with Gasteiger partial charge in [0.15, 0.2) is 0 Å². The molecule has 13 heavy (non-hydrogen) atoms. The minimum atomic E-state index is 0.197. The lowest BCUT2D eigenvalue weighted by molar-refractivity contribution is 0.608. The molecule has 1 rings (SSSR count). The number of halogens is 1. The first-order valence-electron chi connectivity index (χ1n) is 3.99. The van der Waals surface area contributed by atoms with Crippen LogP contribution in [0, 0.1) is 12.3 Å². The van der Waals surface area contributed by atoms with Gasteiger partial charge in [0.25, 0.3) is 0 Å². The van der Waals surface area contributed by atoms with Crippen LogP contribution in [0.2, 0.25) is 0 Å². The van der Waals surface area contributed by atoms with Gasteiger partial charge >= 0.3 is 0 Å². The molecule has 0 spiro atoms. The first kappa shape index (κ1) is 10.2. The van der Waals surface area contributed by atoms with Crippen molar-refractivity contribution in [2.24, 2.45) is 0 Å². The highest BCUT2D eigenvalue weighted by atomic mass is 79.9. The van der Waals surface area contributed by atoms with Crippen molar-refractivity contribution in [2.75, 3.05) is 7.05 Å². The Bertz CT molecular complexity index is 317. The number of hydrogen-bond donors (Lipinski definition) is 1. The fraction of sp³-hybridized carbons (Fsp3) is 0.300. The van der Waals surface area contributed by atoms with Gasteiger partial charge in [-0.05, 0) is 34.6 Å². The van der Waals surface area contributed by atoms with Crippen LogP contribution in [-0.2, 0) is 0 Å². The zero-order chi connectivity index (χ0) is 9.68. The van der Waals surface area contributed by atoms with E-state index in [2.05, 4.69) is 32.2 Å². The summed E-state index contributed by atoms with van der Waals surface area (Å²) in [5, 5.41) is 3.16. The average Bonchev–Trinajstić information content (AvgIpc) is 2.16. The Morgan fingerprint density at radius 2 is 2.54 bits per heavy atom. The van der Waals surface area contributed by atoms with E-state index in [-0.39, 0.29) is 6.04 Å². The van der Waals surface area contributed by atoms with Gasteiger partial charge in [-0.25, -0.2) is 0 Å². The molecule has 1 unspecified atom stereocenters. The second-order valence-corrected chi connectivity index (χ2v) is 3.50. The van der Waals surface area contributed by atoms with Crippen molar-refractivity contribution in [2.45, 2.75) is 12.5 Å². The van der Waals surface area contributed by atoms with E-state index in [0.717, 1.165) is 10.0 Å². The van der Waals surface area contributed by atoms with Gasteiger partial charge in [0.1, 0.15) is 0 Å². The van der Waals surface area contributed by atoms with Crippen LogP contribution in [-0.4, -0.2) is 12.0 Å². The maximum atomic E-state index is 5.27. The number of nitrogens with one attached hydrogen (secondary N) is 1. The summed E-state index contributed by atoms with van der Waals surface area (Å²) >= 11 is 3.44. The highest BCUT2D eigenvalue weighted by Crippen LogP contribution is 2.23. The van der Waals surface area contributed by atoms with Crippen LogP contribution in [0.1, 0.15) is 18.0 Å². The van der Waals surface area contributed by atoms with Crippen molar-refractivity contribution in [3.05, 3.63) is 28.5 Å². The van der Waals surface area contributed by atoms with Crippen molar-refractivity contribution < 1.29 is 0 Å². The van der Waals surface area contributed by atoms with Crippen LogP contribution in [0.5, 0.6) is 0 Å². The molecule has 0 saturated carbocycles. The third-order valence-electron chi connectivity index (χ3n) is 1.85. The molecule has 0 radical (unpaired) electrons. The summed E-state index contributed by atoms with van der Waals surface area (Å²) in [5.74, 6) is 2.64. The molecule has 0 aromatic carbocycles. The van der Waals surface area contributed by atoms with Gasteiger partial charge < -0.3 is 5.32 Å². The number of pyridine rings is 1. The average molecular weight is 239 g/mol. The molecule has 0 aliphatic heterocycles. The number of rotatable bonds is 3. The predicted molar refractivity (Wildman–Crippen MR) is 57.2 cm³/mol. The maximum absolute atomic E-state index is 5.27. The minimum Gasteiger partial charge on any atom is -0.312 e. The predicted octanol–water partition coefficient (Wildman–Crippen LogP) is 2.13. The molecule has 0 bridgehead atoms. The normalized spacial score (nSPS) is 12.1. The first-order chi connectivity index (χ1) is 6.29. The lowest BCUT2D eigenvalue weighted by Crippen LogP contribution is -2.16. The standard InChI is InChI=1S/C10H11BrN2/c1-3-4-10(12-2)8-5-6-13-7-9(8)11/h1,5-7,10,12H,4H2,2H3. The molecule has 1 heterocycles. The largest absolute Gasteiger partial charge is 0.312 e. The fourth-order valence-electron chi connectivity index (χ4n) is 1.15. The van der Waals surface area contributed by atoms with Gasteiger partial charge in [0, 0.05) is 29.3 Å². The summed E-state index contributed by atoms with van der Waals surface area (Å²) in [5.41, 5.74) is 1.15. The van der Waals surface area contributed by atoms with E-state index >= 15 is 0 Å². The van der Waals surface area contributed by atoms with Crippen LogP contribution in [0.4, 0.5) is 0 Å². The van der Waals surface area contributed by atoms with Crippen LogP contribution in [0.3, 0.4) is 0 Å². The summed E-state index contributed by atoms with van der Waals surface area (Å²) in [6.45, 7) is 0. The molecule has 0 aliphatic rings. The second kappa shape index (κ2) is 5.00. The topological polar surface area (TPSA) is 24.9 Å². The zero-order valence-corrected chi connectivity index (χ0v) is 9.01. The summed E-state index contributed by atoms with van der Waals surface area (Å²) < 4.78 is 0.990. The molecule has 0 saturated heterocycles. The second-order valence-electron chi connectivity index (χ2n) is 2.65. The van der Waals surface area contributed by atoms with E-state index in [0.29, 0.717) is 6.42 Å². The van der Waals surface area contributed by atoms with E-state index in [9.17, 15) is 0 Å². The fourth-order valence-corrected chi connectivity index (χ4v) is 1.68. The van der Waals surface area contributed by atoms with E-state index < -0.39 is 0 Å². The van der Waals surface area contributed by atoms with Gasteiger partial charge in [-0.15, -0.1) is 12.3 Å². The van der Waals surface area contributed by atoms with Crippen molar-refractivity contribution in [1.29, 1.82) is 0 Å². The third-order valence-corrected chi connectivity index (χ3v) is 2.51. The lowest BCUT2D eigenvalue weighted by Gasteiger charge is -2.14. The minimum absolute atomic E-state index is 0.197. The Kier molecular flexibility index (Phi) is 3.94. The molecule has 1 atom stereocenters. The Labute approximate surface area is 86.9 Å². The molecule has 0 amide bonds. The van der Waals surface area contributed by atoms with E-state index in [4.69, 9.17) is 6.42 Å². The Balaban J connectivity index is 2.92. The van der Waals surface area contributed by atoms with E-state index in [1.165, 1.54) is 0 Å². The van der Waals surface area contributed by atoms with E-state index in [1.807, 2.05) is 13.1 Å². The summed E-state index contributed by atoms with van der Waals surface area (Å²) in [4.78, 5) is 4.00. The van der Waals surface area contributed by atoms with Gasteiger partial charge in [-0.1, -0.05) is 0 Å². The van der Waals surface area contributed by atoms with E-state index in [1.54, 1.807) is 12.4 Å². The lowest BCUT2D eigenvalue weighted by atomic mass is 10.1. The molecule has 1 aromatic heterocycles. The van der Waals surface area contributed by atoms with Crippen LogP contribution >= 0.6 is 15.9 Å². The molecule has 0 aliphatic carbocycles. The van der Waals surface area contributed by atoms with Crippen LogP contribution in [0.25, 0.3) is 0 Å². The Hall–Kier alpha value is -0.850. The molecule has 3 heteroatoms. The quantitative estimate of drug-likeness (QED) is 0.817. The monoisotopic (exact) mass is 238 g/mol. The molecule has 0 fully saturated rings. The first-order valence-corrected chi connectivity index (χ1v) is 4.79. The Morgan fingerprint density at radius 1 is 1.77 bits per heavy atom. The van der Waals surface area contributed by atoms with Gasteiger partial charge in [-0.2, -0.15) is 0 Å². The third kappa shape index (κ3) is 2.55. The maximum Gasteiger partial charge on any atom is 0.0440 e. The molecule has 1 aromatic rings. The highest BCUT2D eigenvalue weighted by Gasteiger charge is 2.10. The van der Waals surface area contributed by atoms with Gasteiger partial charge in [0.05, 0.1) is 0 Å². The Morgan fingerprint density at radius 3 is 3.08 bits per heavy atom.